The smallest absolute Gasteiger partial charge is 0.270 e. The first-order chi connectivity index (χ1) is 11.5. The number of aromatic nitrogens is 2. The number of ether oxygens (including phenoxy) is 1. The van der Waals surface area contributed by atoms with E-state index in [1.807, 2.05) is 25.1 Å². The lowest BCUT2D eigenvalue weighted by Crippen LogP contribution is -2.21. The van der Waals surface area contributed by atoms with Gasteiger partial charge < -0.3 is 10.1 Å². The van der Waals surface area contributed by atoms with E-state index in [9.17, 15) is 14.4 Å². The highest BCUT2D eigenvalue weighted by Crippen LogP contribution is 2.14. The SMILES string of the molecule is Cc1cccc(OCC(=O)Nc2ccc3c(=O)[nH][nH]c(=O)c3c2)c1. The van der Waals surface area contributed by atoms with Gasteiger partial charge in [0.2, 0.25) is 0 Å². The summed E-state index contributed by atoms with van der Waals surface area (Å²) in [6.45, 7) is 1.77. The van der Waals surface area contributed by atoms with E-state index in [1.54, 1.807) is 12.1 Å². The van der Waals surface area contributed by atoms with E-state index >= 15 is 0 Å². The van der Waals surface area contributed by atoms with Crippen LogP contribution in [0.5, 0.6) is 5.75 Å². The van der Waals surface area contributed by atoms with Gasteiger partial charge in [0, 0.05) is 5.69 Å². The second-order valence-corrected chi connectivity index (χ2v) is 5.32. The average molecular weight is 325 g/mol. The van der Waals surface area contributed by atoms with Crippen LogP contribution in [-0.4, -0.2) is 22.7 Å². The zero-order valence-electron chi connectivity index (χ0n) is 12.9. The fourth-order valence-corrected chi connectivity index (χ4v) is 2.31. The fraction of sp³-hybridized carbons (Fsp3) is 0.118. The molecule has 2 aromatic carbocycles. The number of nitrogens with one attached hydrogen (secondary N) is 3. The minimum absolute atomic E-state index is 0.160. The number of fused-ring (bicyclic) bond motifs is 1. The molecular weight excluding hydrogens is 310 g/mol. The summed E-state index contributed by atoms with van der Waals surface area (Å²) >= 11 is 0. The molecule has 0 radical (unpaired) electrons. The Morgan fingerprint density at radius 2 is 1.79 bits per heavy atom. The molecule has 7 heteroatoms. The summed E-state index contributed by atoms with van der Waals surface area (Å²) in [6.07, 6.45) is 0. The molecule has 24 heavy (non-hydrogen) atoms. The van der Waals surface area contributed by atoms with E-state index in [0.29, 0.717) is 11.4 Å². The van der Waals surface area contributed by atoms with Crippen molar-refractivity contribution in [3.63, 3.8) is 0 Å². The van der Waals surface area contributed by atoms with Crippen molar-refractivity contribution >= 4 is 22.4 Å². The Kier molecular flexibility index (Phi) is 4.15. The predicted molar refractivity (Wildman–Crippen MR) is 90.5 cm³/mol. The Hall–Kier alpha value is -3.35. The van der Waals surface area contributed by atoms with Gasteiger partial charge in [-0.2, -0.15) is 0 Å². The van der Waals surface area contributed by atoms with Crippen LogP contribution in [0.2, 0.25) is 0 Å². The molecule has 3 N–H and O–H groups in total. The number of carbonyl (C=O) groups is 1. The monoisotopic (exact) mass is 325 g/mol. The number of rotatable bonds is 4. The maximum absolute atomic E-state index is 12.0. The molecule has 0 aliphatic carbocycles. The Balaban J connectivity index is 1.72. The normalized spacial score (nSPS) is 10.5. The van der Waals surface area contributed by atoms with Gasteiger partial charge in [0.15, 0.2) is 6.61 Å². The molecule has 0 aliphatic heterocycles. The molecule has 7 nitrogen and oxygen atoms in total. The summed E-state index contributed by atoms with van der Waals surface area (Å²) in [7, 11) is 0. The van der Waals surface area contributed by atoms with Crippen molar-refractivity contribution in [3.8, 4) is 5.75 Å². The maximum Gasteiger partial charge on any atom is 0.270 e. The van der Waals surface area contributed by atoms with Gasteiger partial charge in [-0.1, -0.05) is 12.1 Å². The van der Waals surface area contributed by atoms with Crippen molar-refractivity contribution in [2.24, 2.45) is 0 Å². The van der Waals surface area contributed by atoms with Crippen molar-refractivity contribution in [1.29, 1.82) is 0 Å². The van der Waals surface area contributed by atoms with Crippen molar-refractivity contribution in [1.82, 2.24) is 10.2 Å². The molecule has 0 spiro atoms. The first-order valence-corrected chi connectivity index (χ1v) is 7.27. The Labute approximate surface area is 136 Å². The Morgan fingerprint density at radius 1 is 1.04 bits per heavy atom. The van der Waals surface area contributed by atoms with Gasteiger partial charge in [-0.05, 0) is 42.8 Å². The van der Waals surface area contributed by atoms with Crippen LogP contribution in [0.1, 0.15) is 5.56 Å². The lowest BCUT2D eigenvalue weighted by molar-refractivity contribution is -0.118. The molecule has 122 valence electrons. The molecule has 3 aromatic rings. The van der Waals surface area contributed by atoms with E-state index in [1.165, 1.54) is 12.1 Å². The van der Waals surface area contributed by atoms with E-state index in [-0.39, 0.29) is 23.3 Å². The lowest BCUT2D eigenvalue weighted by Gasteiger charge is -2.08. The zero-order valence-corrected chi connectivity index (χ0v) is 12.9. The number of anilines is 1. The van der Waals surface area contributed by atoms with Gasteiger partial charge >= 0.3 is 0 Å². The molecule has 0 atom stereocenters. The molecule has 0 saturated heterocycles. The van der Waals surface area contributed by atoms with E-state index in [2.05, 4.69) is 15.5 Å². The van der Waals surface area contributed by atoms with Crippen molar-refractivity contribution < 1.29 is 9.53 Å². The van der Waals surface area contributed by atoms with Crippen molar-refractivity contribution in [2.45, 2.75) is 6.92 Å². The number of benzene rings is 2. The third kappa shape index (κ3) is 3.35. The van der Waals surface area contributed by atoms with Gasteiger partial charge in [-0.25, -0.2) is 0 Å². The summed E-state index contributed by atoms with van der Waals surface area (Å²) in [6, 6.07) is 11.9. The van der Waals surface area contributed by atoms with Crippen LogP contribution in [0.4, 0.5) is 5.69 Å². The van der Waals surface area contributed by atoms with Crippen LogP contribution >= 0.6 is 0 Å². The van der Waals surface area contributed by atoms with Crippen LogP contribution in [0.25, 0.3) is 10.8 Å². The van der Waals surface area contributed by atoms with Crippen LogP contribution in [0, 0.1) is 6.92 Å². The number of amides is 1. The highest BCUT2D eigenvalue weighted by Gasteiger charge is 2.07. The highest BCUT2D eigenvalue weighted by molar-refractivity contribution is 5.94. The van der Waals surface area contributed by atoms with Gasteiger partial charge in [0.25, 0.3) is 17.0 Å². The van der Waals surface area contributed by atoms with Gasteiger partial charge in [0.05, 0.1) is 10.8 Å². The lowest BCUT2D eigenvalue weighted by atomic mass is 10.2. The van der Waals surface area contributed by atoms with Gasteiger partial charge in [-0.15, -0.1) is 0 Å². The molecule has 0 aliphatic rings. The number of aromatic amines is 2. The predicted octanol–water partition coefficient (Wildman–Crippen LogP) is 1.54. The van der Waals surface area contributed by atoms with Gasteiger partial charge in [-0.3, -0.25) is 24.6 Å². The molecule has 1 heterocycles. The maximum atomic E-state index is 12.0. The van der Waals surface area contributed by atoms with Crippen LogP contribution < -0.4 is 21.2 Å². The molecule has 0 saturated carbocycles. The van der Waals surface area contributed by atoms with E-state index < -0.39 is 11.1 Å². The molecule has 0 fully saturated rings. The summed E-state index contributed by atoms with van der Waals surface area (Å²) in [5.41, 5.74) is 0.616. The van der Waals surface area contributed by atoms with Crippen molar-refractivity contribution in [2.75, 3.05) is 11.9 Å². The molecule has 0 unspecified atom stereocenters. The molecule has 3 rings (SSSR count). The summed E-state index contributed by atoms with van der Waals surface area (Å²) < 4.78 is 5.42. The zero-order chi connectivity index (χ0) is 17.1. The van der Waals surface area contributed by atoms with E-state index in [4.69, 9.17) is 4.74 Å². The number of hydrogen-bond donors (Lipinski definition) is 3. The quantitative estimate of drug-likeness (QED) is 0.677. The highest BCUT2D eigenvalue weighted by atomic mass is 16.5. The molecule has 1 amide bonds. The Morgan fingerprint density at radius 3 is 2.54 bits per heavy atom. The third-order valence-corrected chi connectivity index (χ3v) is 3.44. The summed E-state index contributed by atoms with van der Waals surface area (Å²) in [4.78, 5) is 35.3. The molecular formula is C17H15N3O4. The first-order valence-electron chi connectivity index (χ1n) is 7.27. The second kappa shape index (κ2) is 6.41. The largest absolute Gasteiger partial charge is 0.484 e. The van der Waals surface area contributed by atoms with Crippen LogP contribution in [0.3, 0.4) is 0 Å². The standard InChI is InChI=1S/C17H15N3O4/c1-10-3-2-4-12(7-10)24-9-15(21)18-11-5-6-13-14(8-11)17(23)20-19-16(13)22/h2-8H,9H2,1H3,(H,18,21)(H,19,22)(H,20,23). The number of hydrogen-bond acceptors (Lipinski definition) is 4. The summed E-state index contributed by atoms with van der Waals surface area (Å²) in [5, 5.41) is 7.59. The van der Waals surface area contributed by atoms with Crippen LogP contribution in [0.15, 0.2) is 52.1 Å². The van der Waals surface area contributed by atoms with Crippen molar-refractivity contribution in [3.05, 3.63) is 68.7 Å². The minimum atomic E-state index is -0.434. The molecule has 1 aromatic heterocycles. The third-order valence-electron chi connectivity index (χ3n) is 3.44. The number of H-pyrrole nitrogens is 2. The minimum Gasteiger partial charge on any atom is -0.484 e. The first kappa shape index (κ1) is 15.5. The molecule has 0 bridgehead atoms. The fourth-order valence-electron chi connectivity index (χ4n) is 2.31. The topological polar surface area (TPSA) is 104 Å². The Bertz CT molecular complexity index is 1020. The second-order valence-electron chi connectivity index (χ2n) is 5.32. The summed E-state index contributed by atoms with van der Waals surface area (Å²) in [5.74, 6) is 0.240. The number of carbonyl (C=O) groups excluding carboxylic acids is 1. The van der Waals surface area contributed by atoms with E-state index in [0.717, 1.165) is 5.56 Å². The van der Waals surface area contributed by atoms with Gasteiger partial charge in [0.1, 0.15) is 5.75 Å². The van der Waals surface area contributed by atoms with Crippen LogP contribution in [-0.2, 0) is 4.79 Å². The average Bonchev–Trinajstić information content (AvgIpc) is 2.57. The number of aryl methyl sites for hydroxylation is 1.